The molecule has 3 heterocycles. The van der Waals surface area contributed by atoms with Crippen LogP contribution in [0.1, 0.15) is 50.5 Å². The molecule has 0 spiro atoms. The molecule has 1 N–H and O–H groups in total. The van der Waals surface area contributed by atoms with E-state index in [1.54, 1.807) is 4.68 Å². The lowest BCUT2D eigenvalue weighted by Crippen LogP contribution is -2.24. The minimum atomic E-state index is -2.99. The first-order valence-electron chi connectivity index (χ1n) is 8.77. The summed E-state index contributed by atoms with van der Waals surface area (Å²) >= 11 is 0. The summed E-state index contributed by atoms with van der Waals surface area (Å²) in [7, 11) is 1.30. The van der Waals surface area contributed by atoms with Crippen LogP contribution < -0.4 is 10.1 Å². The first-order valence-corrected chi connectivity index (χ1v) is 8.77. The average molecular weight is 394 g/mol. The van der Waals surface area contributed by atoms with E-state index in [1.807, 2.05) is 0 Å². The highest BCUT2D eigenvalue weighted by molar-refractivity contribution is 5.95. The van der Waals surface area contributed by atoms with E-state index in [4.69, 9.17) is 4.74 Å². The third kappa shape index (κ3) is 4.10. The highest BCUT2D eigenvalue weighted by Gasteiger charge is 2.26. The molecule has 0 aliphatic carbocycles. The second kappa shape index (κ2) is 8.32. The number of nitrogens with zero attached hydrogens (tertiary/aromatic N) is 3. The van der Waals surface area contributed by atoms with Crippen molar-refractivity contribution in [2.45, 2.75) is 45.9 Å². The van der Waals surface area contributed by atoms with Gasteiger partial charge < -0.3 is 14.8 Å². The molecular weight excluding hydrogens is 374 g/mol. The number of carbonyl (C=O) groups is 2. The Morgan fingerprint density at radius 3 is 2.82 bits per heavy atom. The Kier molecular flexibility index (Phi) is 5.86. The van der Waals surface area contributed by atoms with Crippen molar-refractivity contribution < 1.29 is 27.8 Å². The predicted octanol–water partition coefficient (Wildman–Crippen LogP) is 2.24. The maximum atomic E-state index is 12.4. The summed E-state index contributed by atoms with van der Waals surface area (Å²) in [6.07, 6.45) is 3.80. The lowest BCUT2D eigenvalue weighted by atomic mass is 10.0. The zero-order chi connectivity index (χ0) is 20.3. The Labute approximate surface area is 159 Å². The van der Waals surface area contributed by atoms with E-state index in [1.165, 1.54) is 20.1 Å². The molecule has 0 fully saturated rings. The normalized spacial score (nSPS) is 13.2. The van der Waals surface area contributed by atoms with Gasteiger partial charge in [-0.05, 0) is 32.3 Å². The van der Waals surface area contributed by atoms with Gasteiger partial charge in [-0.25, -0.2) is 9.78 Å². The molecule has 0 unspecified atom stereocenters. The number of carbonyl (C=O) groups excluding carboxylic acids is 2. The van der Waals surface area contributed by atoms with Crippen molar-refractivity contribution in [3.05, 3.63) is 40.3 Å². The van der Waals surface area contributed by atoms with Crippen molar-refractivity contribution in [1.82, 2.24) is 20.1 Å². The highest BCUT2D eigenvalue weighted by Crippen LogP contribution is 2.23. The molecule has 2 aromatic rings. The maximum Gasteiger partial charge on any atom is 0.388 e. The van der Waals surface area contributed by atoms with Crippen LogP contribution in [0.25, 0.3) is 0 Å². The first-order chi connectivity index (χ1) is 13.4. The van der Waals surface area contributed by atoms with E-state index in [0.29, 0.717) is 23.4 Å². The number of halogens is 2. The van der Waals surface area contributed by atoms with Crippen molar-refractivity contribution in [3.63, 3.8) is 0 Å². The molecule has 0 atom stereocenters. The van der Waals surface area contributed by atoms with Crippen LogP contribution in [-0.2, 0) is 24.2 Å². The lowest BCUT2D eigenvalue weighted by Gasteiger charge is -2.13. The Bertz CT molecular complexity index is 898. The Morgan fingerprint density at radius 1 is 1.36 bits per heavy atom. The second-order valence-electron chi connectivity index (χ2n) is 6.35. The van der Waals surface area contributed by atoms with Gasteiger partial charge in [-0.15, -0.1) is 0 Å². The van der Waals surface area contributed by atoms with E-state index in [0.717, 1.165) is 31.2 Å². The van der Waals surface area contributed by atoms with Crippen molar-refractivity contribution in [1.29, 1.82) is 0 Å². The van der Waals surface area contributed by atoms with Crippen LogP contribution in [0.15, 0.2) is 12.3 Å². The molecule has 1 aliphatic heterocycles. The van der Waals surface area contributed by atoms with Gasteiger partial charge in [0.15, 0.2) is 0 Å². The molecular formula is C18H20F2N4O4. The molecule has 0 saturated carbocycles. The number of esters is 1. The first kappa shape index (κ1) is 19.7. The monoisotopic (exact) mass is 394 g/mol. The van der Waals surface area contributed by atoms with Gasteiger partial charge >= 0.3 is 12.6 Å². The van der Waals surface area contributed by atoms with Crippen LogP contribution >= 0.6 is 0 Å². The third-order valence-electron chi connectivity index (χ3n) is 4.46. The predicted molar refractivity (Wildman–Crippen MR) is 93.3 cm³/mol. The van der Waals surface area contributed by atoms with E-state index < -0.39 is 18.5 Å². The molecule has 150 valence electrons. The third-order valence-corrected chi connectivity index (χ3v) is 4.46. The smallest absolute Gasteiger partial charge is 0.388 e. The Balaban J connectivity index is 1.75. The highest BCUT2D eigenvalue weighted by atomic mass is 19.3. The van der Waals surface area contributed by atoms with Crippen molar-refractivity contribution in [2.24, 2.45) is 0 Å². The Hall–Kier alpha value is -3.04. The number of aromatic nitrogens is 3. The molecule has 28 heavy (non-hydrogen) atoms. The summed E-state index contributed by atoms with van der Waals surface area (Å²) in [6.45, 7) is -0.741. The average Bonchev–Trinajstić information content (AvgIpc) is 3.05. The van der Waals surface area contributed by atoms with E-state index in [-0.39, 0.29) is 18.0 Å². The molecule has 0 saturated heterocycles. The quantitative estimate of drug-likeness (QED) is 0.755. The van der Waals surface area contributed by atoms with Gasteiger partial charge in [-0.3, -0.25) is 9.48 Å². The molecule has 0 aromatic carbocycles. The van der Waals surface area contributed by atoms with Gasteiger partial charge in [0, 0.05) is 18.3 Å². The topological polar surface area (TPSA) is 95.3 Å². The number of rotatable bonds is 6. The van der Waals surface area contributed by atoms with Crippen LogP contribution in [0.2, 0.25) is 0 Å². The van der Waals surface area contributed by atoms with Gasteiger partial charge in [0.1, 0.15) is 5.56 Å². The summed E-state index contributed by atoms with van der Waals surface area (Å²) in [5, 5.41) is 7.11. The van der Waals surface area contributed by atoms with Crippen molar-refractivity contribution in [2.75, 3.05) is 7.11 Å². The fourth-order valence-electron chi connectivity index (χ4n) is 3.17. The van der Waals surface area contributed by atoms with Gasteiger partial charge in [-0.2, -0.15) is 13.9 Å². The second-order valence-corrected chi connectivity index (χ2v) is 6.35. The van der Waals surface area contributed by atoms with Gasteiger partial charge in [0.05, 0.1) is 30.6 Å². The number of pyridine rings is 1. The van der Waals surface area contributed by atoms with Crippen LogP contribution in [0, 0.1) is 6.92 Å². The van der Waals surface area contributed by atoms with E-state index in [2.05, 4.69) is 20.1 Å². The molecule has 2 aromatic heterocycles. The van der Waals surface area contributed by atoms with Crippen LogP contribution in [0.3, 0.4) is 0 Å². The molecule has 0 bridgehead atoms. The van der Waals surface area contributed by atoms with E-state index in [9.17, 15) is 18.4 Å². The summed E-state index contributed by atoms with van der Waals surface area (Å²) in [5.41, 5.74) is 2.12. The zero-order valence-electron chi connectivity index (χ0n) is 15.5. The van der Waals surface area contributed by atoms with Crippen LogP contribution in [0.4, 0.5) is 8.78 Å². The van der Waals surface area contributed by atoms with Gasteiger partial charge in [-0.1, -0.05) is 0 Å². The summed E-state index contributed by atoms with van der Waals surface area (Å²) < 4.78 is 35.5. The maximum absolute atomic E-state index is 12.4. The number of alkyl halides is 2. The molecule has 3 rings (SSSR count). The summed E-state index contributed by atoms with van der Waals surface area (Å²) in [4.78, 5) is 28.3. The fraction of sp³-hybridized carbons (Fsp3) is 0.444. The Morgan fingerprint density at radius 2 is 2.14 bits per heavy atom. The number of methoxy groups -OCH3 is 1. The summed E-state index contributed by atoms with van der Waals surface area (Å²) in [6, 6.07) is 1.40. The largest absolute Gasteiger partial charge is 0.465 e. The van der Waals surface area contributed by atoms with Crippen molar-refractivity contribution >= 4 is 11.9 Å². The van der Waals surface area contributed by atoms with Crippen molar-refractivity contribution in [3.8, 4) is 5.88 Å². The molecule has 8 nitrogen and oxygen atoms in total. The van der Waals surface area contributed by atoms with Crippen LogP contribution in [-0.4, -0.2) is 40.4 Å². The molecule has 10 heteroatoms. The van der Waals surface area contributed by atoms with E-state index >= 15 is 0 Å². The minimum absolute atomic E-state index is 0.0254. The minimum Gasteiger partial charge on any atom is -0.465 e. The zero-order valence-corrected chi connectivity index (χ0v) is 15.5. The number of amides is 1. The SMILES string of the molecule is COC(=O)c1c(CNC(=O)c2cnc(OC(F)F)c(C)c2)nn2c1CCCC2. The standard InChI is InChI=1S/C18H20F2N4O4/c1-10-7-11(8-22-16(10)28-18(19)20)15(25)21-9-12-14(17(26)27-2)13-5-3-4-6-24(13)23-12/h7-8,18H,3-6,9H2,1-2H3,(H,21,25). The van der Waals surface area contributed by atoms with Gasteiger partial charge in [0.25, 0.3) is 5.91 Å². The van der Waals surface area contributed by atoms with Gasteiger partial charge in [0.2, 0.25) is 5.88 Å². The molecule has 1 aliphatic rings. The van der Waals surface area contributed by atoms with Crippen LogP contribution in [0.5, 0.6) is 5.88 Å². The lowest BCUT2D eigenvalue weighted by molar-refractivity contribution is -0.0533. The number of hydrogen-bond acceptors (Lipinski definition) is 6. The number of hydrogen-bond donors (Lipinski definition) is 1. The fourth-order valence-corrected chi connectivity index (χ4v) is 3.17. The molecule has 0 radical (unpaired) electrons. The number of ether oxygens (including phenoxy) is 2. The number of nitrogens with one attached hydrogen (secondary N) is 1. The molecule has 1 amide bonds. The summed E-state index contributed by atoms with van der Waals surface area (Å²) in [5.74, 6) is -1.19. The number of aryl methyl sites for hydroxylation is 2. The number of fused-ring (bicyclic) bond motifs is 1.